The summed E-state index contributed by atoms with van der Waals surface area (Å²) in [6, 6.07) is 7.59. The van der Waals surface area contributed by atoms with Crippen molar-refractivity contribution in [2.45, 2.75) is 36.0 Å². The lowest BCUT2D eigenvalue weighted by Gasteiger charge is -2.35. The fraction of sp³-hybridized carbons (Fsp3) is 0.353. The Morgan fingerprint density at radius 1 is 1.31 bits per heavy atom. The van der Waals surface area contributed by atoms with Gasteiger partial charge in [-0.05, 0) is 37.5 Å². The number of carbonyl (C=O) groups is 2. The number of halogens is 2. The van der Waals surface area contributed by atoms with Gasteiger partial charge >= 0.3 is 0 Å². The van der Waals surface area contributed by atoms with Crippen molar-refractivity contribution in [3.8, 4) is 0 Å². The lowest BCUT2D eigenvalue weighted by Crippen LogP contribution is -2.39. The van der Waals surface area contributed by atoms with Crippen molar-refractivity contribution in [2.24, 2.45) is 5.73 Å². The lowest BCUT2D eigenvalue weighted by molar-refractivity contribution is 0.0602. The zero-order valence-electron chi connectivity index (χ0n) is 13.8. The van der Waals surface area contributed by atoms with Crippen molar-refractivity contribution in [2.75, 3.05) is 6.54 Å². The summed E-state index contributed by atoms with van der Waals surface area (Å²) in [5.41, 5.74) is 6.20. The molecule has 1 unspecified atom stereocenters. The smallest absolute Gasteiger partial charge is 0.288 e. The first kappa shape index (κ1) is 18.4. The number of amides is 2. The maximum absolute atomic E-state index is 13.1. The number of nitrogens with two attached hydrogens (primary N) is 1. The summed E-state index contributed by atoms with van der Waals surface area (Å²) in [4.78, 5) is 26.2. The monoisotopic (exact) mass is 380 g/mol. The third kappa shape index (κ3) is 3.87. The van der Waals surface area contributed by atoms with E-state index in [2.05, 4.69) is 10.2 Å². The Labute approximate surface area is 153 Å². The fourth-order valence-corrected chi connectivity index (χ4v) is 3.76. The van der Waals surface area contributed by atoms with Crippen molar-refractivity contribution < 1.29 is 18.4 Å². The first-order chi connectivity index (χ1) is 12.5. The molecule has 3 N–H and O–H groups in total. The van der Waals surface area contributed by atoms with Crippen molar-refractivity contribution in [1.82, 2.24) is 15.1 Å². The highest BCUT2D eigenvalue weighted by Gasteiger charge is 2.31. The number of H-pyrrole nitrogens is 1. The van der Waals surface area contributed by atoms with Crippen molar-refractivity contribution >= 4 is 23.6 Å². The van der Waals surface area contributed by atoms with Crippen molar-refractivity contribution in [3.63, 3.8) is 0 Å². The van der Waals surface area contributed by atoms with Gasteiger partial charge in [-0.1, -0.05) is 23.9 Å². The molecule has 2 amide bonds. The molecule has 0 spiro atoms. The largest absolute Gasteiger partial charge is 0.364 e. The van der Waals surface area contributed by atoms with Gasteiger partial charge in [0.15, 0.2) is 0 Å². The highest BCUT2D eigenvalue weighted by molar-refractivity contribution is 7.99. The molecule has 1 aliphatic heterocycles. The maximum Gasteiger partial charge on any atom is 0.288 e. The van der Waals surface area contributed by atoms with Crippen LogP contribution < -0.4 is 5.73 Å². The van der Waals surface area contributed by atoms with Gasteiger partial charge in [-0.25, -0.2) is 0 Å². The summed E-state index contributed by atoms with van der Waals surface area (Å²) in [6.45, 7) is 0.502. The van der Waals surface area contributed by atoms with Crippen LogP contribution >= 0.6 is 11.8 Å². The Kier molecular flexibility index (Phi) is 5.55. The summed E-state index contributed by atoms with van der Waals surface area (Å²) in [6.07, 6.45) is 2.42. The summed E-state index contributed by atoms with van der Waals surface area (Å²) < 4.78 is 25.6. The molecular weight excluding hydrogens is 362 g/mol. The average Bonchev–Trinajstić information content (AvgIpc) is 3.11. The molecule has 26 heavy (non-hydrogen) atoms. The SMILES string of the molecule is NC(=O)c1cc(C2CCCCN2C(=O)c2ccccc2SC(F)F)[nH]n1. The van der Waals surface area contributed by atoms with E-state index in [9.17, 15) is 18.4 Å². The normalized spacial score (nSPS) is 17.5. The van der Waals surface area contributed by atoms with Crippen LogP contribution in [0, 0.1) is 0 Å². The van der Waals surface area contributed by atoms with E-state index < -0.39 is 11.7 Å². The third-order valence-electron chi connectivity index (χ3n) is 4.31. The van der Waals surface area contributed by atoms with Gasteiger partial charge in [0.05, 0.1) is 17.3 Å². The second-order valence-electron chi connectivity index (χ2n) is 5.96. The van der Waals surface area contributed by atoms with Gasteiger partial charge < -0.3 is 10.6 Å². The van der Waals surface area contributed by atoms with E-state index in [1.807, 2.05) is 0 Å². The van der Waals surface area contributed by atoms with Gasteiger partial charge in [0.1, 0.15) is 5.69 Å². The minimum Gasteiger partial charge on any atom is -0.364 e. The number of nitrogens with one attached hydrogen (secondary N) is 1. The Hall–Kier alpha value is -2.42. The molecule has 1 atom stereocenters. The lowest BCUT2D eigenvalue weighted by atomic mass is 9.98. The maximum atomic E-state index is 13.1. The number of alkyl halides is 2. The first-order valence-corrected chi connectivity index (χ1v) is 9.05. The molecule has 0 radical (unpaired) electrons. The number of rotatable bonds is 5. The van der Waals surface area contributed by atoms with E-state index in [1.54, 1.807) is 29.2 Å². The number of primary amides is 1. The Morgan fingerprint density at radius 3 is 2.77 bits per heavy atom. The van der Waals surface area contributed by atoms with Crippen LogP contribution in [0.3, 0.4) is 0 Å². The number of nitrogens with zero attached hydrogens (tertiary/aromatic N) is 2. The van der Waals surface area contributed by atoms with Gasteiger partial charge in [0.2, 0.25) is 0 Å². The quantitative estimate of drug-likeness (QED) is 0.779. The molecular formula is C17H18F2N4O2S. The number of thioether (sulfide) groups is 1. The number of carbonyl (C=O) groups excluding carboxylic acids is 2. The van der Waals surface area contributed by atoms with Crippen LogP contribution in [0.4, 0.5) is 8.78 Å². The van der Waals surface area contributed by atoms with Crippen LogP contribution in [-0.2, 0) is 0 Å². The van der Waals surface area contributed by atoms with Gasteiger partial charge in [0, 0.05) is 11.4 Å². The summed E-state index contributed by atoms with van der Waals surface area (Å²) in [5, 5.41) is 6.64. The summed E-state index contributed by atoms with van der Waals surface area (Å²) in [5.74, 6) is -3.57. The number of likely N-dealkylation sites (tertiary alicyclic amines) is 1. The minimum absolute atomic E-state index is 0.103. The zero-order chi connectivity index (χ0) is 18.7. The number of benzene rings is 1. The van der Waals surface area contributed by atoms with E-state index in [0.717, 1.165) is 12.8 Å². The van der Waals surface area contributed by atoms with E-state index >= 15 is 0 Å². The Balaban J connectivity index is 1.90. The molecule has 1 fully saturated rings. The molecule has 2 aromatic rings. The molecule has 9 heteroatoms. The topological polar surface area (TPSA) is 92.1 Å². The van der Waals surface area contributed by atoms with E-state index in [1.165, 1.54) is 6.07 Å². The molecule has 0 bridgehead atoms. The molecule has 0 aliphatic carbocycles. The van der Waals surface area contributed by atoms with Gasteiger partial charge in [-0.2, -0.15) is 13.9 Å². The number of aromatic amines is 1. The van der Waals surface area contributed by atoms with Crippen LogP contribution in [-0.4, -0.2) is 39.2 Å². The Bertz CT molecular complexity index is 812. The summed E-state index contributed by atoms with van der Waals surface area (Å²) in [7, 11) is 0. The fourth-order valence-electron chi connectivity index (χ4n) is 3.13. The minimum atomic E-state index is -2.60. The van der Waals surface area contributed by atoms with Gasteiger partial charge in [-0.3, -0.25) is 14.7 Å². The molecule has 138 valence electrons. The molecule has 1 aromatic carbocycles. The van der Waals surface area contributed by atoms with E-state index in [0.29, 0.717) is 30.4 Å². The number of piperidine rings is 1. The third-order valence-corrected chi connectivity index (χ3v) is 5.09. The average molecular weight is 380 g/mol. The highest BCUT2D eigenvalue weighted by Crippen LogP contribution is 2.34. The number of aromatic nitrogens is 2. The van der Waals surface area contributed by atoms with Crippen LogP contribution in [0.5, 0.6) is 0 Å². The van der Waals surface area contributed by atoms with E-state index in [4.69, 9.17) is 5.73 Å². The first-order valence-electron chi connectivity index (χ1n) is 8.17. The molecule has 0 saturated carbocycles. The molecule has 2 heterocycles. The molecule has 1 saturated heterocycles. The molecule has 1 aliphatic rings. The highest BCUT2D eigenvalue weighted by atomic mass is 32.2. The second-order valence-corrected chi connectivity index (χ2v) is 6.99. The molecule has 3 rings (SSSR count). The van der Waals surface area contributed by atoms with E-state index in [-0.39, 0.29) is 28.1 Å². The van der Waals surface area contributed by atoms with Crippen molar-refractivity contribution in [1.29, 1.82) is 0 Å². The van der Waals surface area contributed by atoms with Crippen LogP contribution in [0.15, 0.2) is 35.2 Å². The predicted octanol–water partition coefficient (Wildman–Crippen LogP) is 3.19. The number of hydrogen-bond acceptors (Lipinski definition) is 4. The number of hydrogen-bond donors (Lipinski definition) is 2. The van der Waals surface area contributed by atoms with Crippen LogP contribution in [0.25, 0.3) is 0 Å². The van der Waals surface area contributed by atoms with Crippen LogP contribution in [0.1, 0.15) is 51.8 Å². The standard InChI is InChI=1S/C17H18F2N4O2S/c18-17(19)26-14-7-2-1-5-10(14)16(25)23-8-4-3-6-13(23)11-9-12(15(20)24)22-21-11/h1-2,5,7,9,13,17H,3-4,6,8H2,(H2,20,24)(H,21,22). The van der Waals surface area contributed by atoms with Gasteiger partial charge in [-0.15, -0.1) is 0 Å². The molecule has 1 aromatic heterocycles. The summed E-state index contributed by atoms with van der Waals surface area (Å²) >= 11 is 0.360. The predicted molar refractivity (Wildman–Crippen MR) is 93.0 cm³/mol. The second kappa shape index (κ2) is 7.86. The Morgan fingerprint density at radius 2 is 2.08 bits per heavy atom. The molecule has 6 nitrogen and oxygen atoms in total. The van der Waals surface area contributed by atoms with Crippen LogP contribution in [0.2, 0.25) is 0 Å². The van der Waals surface area contributed by atoms with Gasteiger partial charge in [0.25, 0.3) is 17.6 Å². The van der Waals surface area contributed by atoms with Crippen molar-refractivity contribution in [3.05, 3.63) is 47.3 Å². The zero-order valence-corrected chi connectivity index (χ0v) is 14.6.